The molecule has 3 aromatic rings. The van der Waals surface area contributed by atoms with Gasteiger partial charge in [0.15, 0.2) is 0 Å². The fraction of sp³-hybridized carbons (Fsp3) is 0.0667. The van der Waals surface area contributed by atoms with Crippen molar-refractivity contribution in [2.75, 3.05) is 0 Å². The number of halogens is 2. The molecule has 0 saturated heterocycles. The SMILES string of the molecule is Clc1ccc(Cl)c(Cn2cccc2-c2cnccn2)c1. The molecule has 3 nitrogen and oxygen atoms in total. The van der Waals surface area contributed by atoms with Gasteiger partial charge in [0.05, 0.1) is 11.9 Å². The predicted molar refractivity (Wildman–Crippen MR) is 81.0 cm³/mol. The summed E-state index contributed by atoms with van der Waals surface area (Å²) in [4.78, 5) is 8.42. The van der Waals surface area contributed by atoms with Crippen molar-refractivity contribution in [3.05, 3.63) is 70.7 Å². The van der Waals surface area contributed by atoms with Crippen LogP contribution in [0.15, 0.2) is 55.1 Å². The maximum atomic E-state index is 6.21. The van der Waals surface area contributed by atoms with Crippen molar-refractivity contribution >= 4 is 23.2 Å². The zero-order chi connectivity index (χ0) is 13.9. The van der Waals surface area contributed by atoms with Crippen LogP contribution < -0.4 is 0 Å². The molecule has 2 heterocycles. The first-order valence-electron chi connectivity index (χ1n) is 6.09. The summed E-state index contributed by atoms with van der Waals surface area (Å²) in [6.45, 7) is 0.637. The molecule has 0 saturated carbocycles. The first-order valence-corrected chi connectivity index (χ1v) is 6.85. The van der Waals surface area contributed by atoms with Crippen LogP contribution >= 0.6 is 23.2 Å². The summed E-state index contributed by atoms with van der Waals surface area (Å²) in [5.74, 6) is 0. The Balaban J connectivity index is 1.97. The van der Waals surface area contributed by atoms with Crippen LogP contribution in [-0.2, 0) is 6.54 Å². The average molecular weight is 304 g/mol. The highest BCUT2D eigenvalue weighted by atomic mass is 35.5. The van der Waals surface area contributed by atoms with E-state index in [4.69, 9.17) is 23.2 Å². The van der Waals surface area contributed by atoms with Crippen LogP contribution in [0.4, 0.5) is 0 Å². The first kappa shape index (κ1) is 13.2. The molecule has 0 amide bonds. The lowest BCUT2D eigenvalue weighted by atomic mass is 10.2. The third-order valence-electron chi connectivity index (χ3n) is 3.00. The Labute approximate surface area is 126 Å². The molecule has 2 aromatic heterocycles. The lowest BCUT2D eigenvalue weighted by Gasteiger charge is -2.10. The van der Waals surface area contributed by atoms with E-state index in [0.717, 1.165) is 17.0 Å². The summed E-state index contributed by atoms with van der Waals surface area (Å²) < 4.78 is 2.07. The zero-order valence-corrected chi connectivity index (χ0v) is 12.0. The third-order valence-corrected chi connectivity index (χ3v) is 3.61. The summed E-state index contributed by atoms with van der Waals surface area (Å²) in [7, 11) is 0. The molecule has 100 valence electrons. The van der Waals surface area contributed by atoms with Crippen molar-refractivity contribution in [2.45, 2.75) is 6.54 Å². The second kappa shape index (κ2) is 5.65. The van der Waals surface area contributed by atoms with E-state index < -0.39 is 0 Å². The number of rotatable bonds is 3. The van der Waals surface area contributed by atoms with Gasteiger partial charge >= 0.3 is 0 Å². The van der Waals surface area contributed by atoms with Crippen molar-refractivity contribution in [1.82, 2.24) is 14.5 Å². The molecule has 20 heavy (non-hydrogen) atoms. The first-order chi connectivity index (χ1) is 9.74. The van der Waals surface area contributed by atoms with Gasteiger partial charge in [-0.05, 0) is 35.9 Å². The summed E-state index contributed by atoms with van der Waals surface area (Å²) in [6, 6.07) is 9.45. The Bertz CT molecular complexity index is 723. The van der Waals surface area contributed by atoms with Crippen LogP contribution in [0.2, 0.25) is 10.0 Å². The lowest BCUT2D eigenvalue weighted by Crippen LogP contribution is -2.02. The molecule has 1 aromatic carbocycles. The van der Waals surface area contributed by atoms with E-state index in [1.165, 1.54) is 0 Å². The predicted octanol–water partition coefficient (Wildman–Crippen LogP) is 4.30. The van der Waals surface area contributed by atoms with Gasteiger partial charge in [0, 0.05) is 35.2 Å². The molecule has 0 unspecified atom stereocenters. The molecule has 0 fully saturated rings. The molecule has 3 rings (SSSR count). The van der Waals surface area contributed by atoms with Gasteiger partial charge in [-0.3, -0.25) is 9.97 Å². The average Bonchev–Trinajstić information content (AvgIpc) is 2.92. The van der Waals surface area contributed by atoms with E-state index in [1.807, 2.05) is 30.5 Å². The molecule has 5 heteroatoms. The van der Waals surface area contributed by atoms with E-state index in [9.17, 15) is 0 Å². The standard InChI is InChI=1S/C15H11Cl2N3/c16-12-3-4-13(17)11(8-12)10-20-7-1-2-15(20)14-9-18-5-6-19-14/h1-9H,10H2. The minimum atomic E-state index is 0.637. The highest BCUT2D eigenvalue weighted by molar-refractivity contribution is 6.33. The van der Waals surface area contributed by atoms with Gasteiger partial charge in [-0.25, -0.2) is 0 Å². The second-order valence-corrected chi connectivity index (χ2v) is 5.19. The Morgan fingerprint density at radius 2 is 2.00 bits per heavy atom. The van der Waals surface area contributed by atoms with Crippen molar-refractivity contribution in [3.63, 3.8) is 0 Å². The van der Waals surface area contributed by atoms with Crippen LogP contribution in [0, 0.1) is 0 Å². The summed E-state index contributed by atoms with van der Waals surface area (Å²) in [5, 5.41) is 1.38. The lowest BCUT2D eigenvalue weighted by molar-refractivity contribution is 0.811. The highest BCUT2D eigenvalue weighted by Crippen LogP contribution is 2.24. The van der Waals surface area contributed by atoms with Gasteiger partial charge in [0.1, 0.15) is 5.69 Å². The Morgan fingerprint density at radius 1 is 1.10 bits per heavy atom. The van der Waals surface area contributed by atoms with Gasteiger partial charge < -0.3 is 4.57 Å². The fourth-order valence-corrected chi connectivity index (χ4v) is 2.44. The summed E-state index contributed by atoms with van der Waals surface area (Å²) in [5.41, 5.74) is 2.80. The smallest absolute Gasteiger partial charge is 0.105 e. The second-order valence-electron chi connectivity index (χ2n) is 4.35. The fourth-order valence-electron chi connectivity index (χ4n) is 2.06. The zero-order valence-electron chi connectivity index (χ0n) is 10.5. The minimum Gasteiger partial charge on any atom is -0.342 e. The minimum absolute atomic E-state index is 0.637. The largest absolute Gasteiger partial charge is 0.342 e. The van der Waals surface area contributed by atoms with E-state index in [0.29, 0.717) is 16.6 Å². The molecule has 0 aliphatic carbocycles. The quantitative estimate of drug-likeness (QED) is 0.722. The van der Waals surface area contributed by atoms with Gasteiger partial charge in [0.25, 0.3) is 0 Å². The van der Waals surface area contributed by atoms with E-state index >= 15 is 0 Å². The Morgan fingerprint density at radius 3 is 2.80 bits per heavy atom. The van der Waals surface area contributed by atoms with Crippen molar-refractivity contribution in [1.29, 1.82) is 0 Å². The van der Waals surface area contributed by atoms with Gasteiger partial charge in [-0.15, -0.1) is 0 Å². The van der Waals surface area contributed by atoms with E-state index in [1.54, 1.807) is 24.7 Å². The molecule has 0 aliphatic heterocycles. The number of hydrogen-bond acceptors (Lipinski definition) is 2. The molecular formula is C15H11Cl2N3. The summed E-state index contributed by atoms with van der Waals surface area (Å²) >= 11 is 12.2. The van der Waals surface area contributed by atoms with Gasteiger partial charge in [0.2, 0.25) is 0 Å². The van der Waals surface area contributed by atoms with Crippen molar-refractivity contribution in [3.8, 4) is 11.4 Å². The maximum Gasteiger partial charge on any atom is 0.105 e. The molecule has 0 N–H and O–H groups in total. The normalized spacial score (nSPS) is 10.7. The topological polar surface area (TPSA) is 30.7 Å². The number of hydrogen-bond donors (Lipinski definition) is 0. The van der Waals surface area contributed by atoms with Crippen LogP contribution in [0.25, 0.3) is 11.4 Å². The van der Waals surface area contributed by atoms with E-state index in [2.05, 4.69) is 14.5 Å². The van der Waals surface area contributed by atoms with Gasteiger partial charge in [-0.1, -0.05) is 23.2 Å². The monoisotopic (exact) mass is 303 g/mol. The molecule has 0 radical (unpaired) electrons. The van der Waals surface area contributed by atoms with Crippen LogP contribution in [0.1, 0.15) is 5.56 Å². The summed E-state index contributed by atoms with van der Waals surface area (Å²) in [6.07, 6.45) is 7.07. The maximum absolute atomic E-state index is 6.21. The Hall–Kier alpha value is -1.84. The third kappa shape index (κ3) is 2.69. The van der Waals surface area contributed by atoms with Crippen LogP contribution in [-0.4, -0.2) is 14.5 Å². The van der Waals surface area contributed by atoms with E-state index in [-0.39, 0.29) is 0 Å². The highest BCUT2D eigenvalue weighted by Gasteiger charge is 2.08. The number of nitrogens with zero attached hydrogens (tertiary/aromatic N) is 3. The molecule has 0 aliphatic rings. The Kier molecular flexibility index (Phi) is 3.72. The molecule has 0 spiro atoms. The van der Waals surface area contributed by atoms with Crippen molar-refractivity contribution < 1.29 is 0 Å². The van der Waals surface area contributed by atoms with Crippen LogP contribution in [0.5, 0.6) is 0 Å². The molecule has 0 bridgehead atoms. The van der Waals surface area contributed by atoms with Gasteiger partial charge in [-0.2, -0.15) is 0 Å². The number of benzene rings is 1. The number of aromatic nitrogens is 3. The molecular weight excluding hydrogens is 293 g/mol. The van der Waals surface area contributed by atoms with Crippen molar-refractivity contribution in [2.24, 2.45) is 0 Å². The van der Waals surface area contributed by atoms with Crippen LogP contribution in [0.3, 0.4) is 0 Å². The molecule has 0 atom stereocenters.